The number of hydrogen-bond donors (Lipinski definition) is 1. The summed E-state index contributed by atoms with van der Waals surface area (Å²) >= 11 is 8.55. The molecule has 0 spiro atoms. The van der Waals surface area contributed by atoms with Crippen LogP contribution >= 0.6 is 27.5 Å². The lowest BCUT2D eigenvalue weighted by Gasteiger charge is -2.15. The molecule has 2 aromatic carbocycles. The predicted molar refractivity (Wildman–Crippen MR) is 69.5 cm³/mol. The molecule has 0 saturated carbocycles. The fourth-order valence-electron chi connectivity index (χ4n) is 1.72. The Balaban J connectivity index is 2.57. The van der Waals surface area contributed by atoms with Gasteiger partial charge in [0.05, 0.1) is 5.56 Å². The first kappa shape index (κ1) is 15.3. The van der Waals surface area contributed by atoms with E-state index in [1.807, 2.05) is 0 Å². The summed E-state index contributed by atoms with van der Waals surface area (Å²) in [5, 5.41) is 9.64. The number of rotatable bonds is 2. The number of aliphatic hydroxyl groups is 1. The minimum Gasteiger partial charge on any atom is -0.383 e. The maximum atomic E-state index is 13.7. The van der Waals surface area contributed by atoms with E-state index in [0.29, 0.717) is 12.1 Å². The highest BCUT2D eigenvalue weighted by Gasteiger charge is 2.24. The van der Waals surface area contributed by atoms with Crippen molar-refractivity contribution in [2.24, 2.45) is 0 Å². The monoisotopic (exact) mass is 368 g/mol. The molecule has 0 bridgehead atoms. The molecule has 7 heteroatoms. The maximum Gasteiger partial charge on any atom is 0.160 e. The maximum absolute atomic E-state index is 13.7. The van der Waals surface area contributed by atoms with Gasteiger partial charge < -0.3 is 5.11 Å². The van der Waals surface area contributed by atoms with Crippen molar-refractivity contribution in [3.8, 4) is 0 Å². The van der Waals surface area contributed by atoms with Gasteiger partial charge in [-0.3, -0.25) is 0 Å². The molecule has 0 radical (unpaired) electrons. The summed E-state index contributed by atoms with van der Waals surface area (Å²) in [5.74, 6) is -4.57. The van der Waals surface area contributed by atoms with Crippen molar-refractivity contribution >= 4 is 27.5 Å². The number of aliphatic hydroxyl groups excluding tert-OH is 1. The average molecular weight is 370 g/mol. The van der Waals surface area contributed by atoms with Crippen LogP contribution in [0.1, 0.15) is 17.2 Å². The van der Waals surface area contributed by atoms with E-state index in [-0.39, 0.29) is 15.1 Å². The van der Waals surface area contributed by atoms with Gasteiger partial charge in [0.1, 0.15) is 17.7 Å². The molecule has 0 fully saturated rings. The molecule has 1 atom stereocenters. The van der Waals surface area contributed by atoms with Crippen molar-refractivity contribution in [3.05, 3.63) is 68.2 Å². The number of halogens is 6. The molecule has 20 heavy (non-hydrogen) atoms. The van der Waals surface area contributed by atoms with E-state index in [1.54, 1.807) is 0 Å². The molecule has 106 valence electrons. The Morgan fingerprint density at radius 1 is 0.900 bits per heavy atom. The first-order valence-electron chi connectivity index (χ1n) is 5.28. The molecule has 2 rings (SSSR count). The first-order chi connectivity index (χ1) is 9.31. The Hall–Kier alpha value is -1.11. The van der Waals surface area contributed by atoms with E-state index in [2.05, 4.69) is 15.9 Å². The summed E-state index contributed by atoms with van der Waals surface area (Å²) < 4.78 is 53.7. The van der Waals surface area contributed by atoms with E-state index >= 15 is 0 Å². The van der Waals surface area contributed by atoms with E-state index in [9.17, 15) is 22.7 Å². The number of hydrogen-bond acceptors (Lipinski definition) is 1. The second-order valence-corrected chi connectivity index (χ2v) is 5.30. The fraction of sp³-hybridized carbons (Fsp3) is 0.0769. The zero-order valence-electron chi connectivity index (χ0n) is 9.60. The Bertz CT molecular complexity index is 655. The molecule has 0 saturated heterocycles. The third-order valence-electron chi connectivity index (χ3n) is 2.65. The summed E-state index contributed by atoms with van der Waals surface area (Å²) in [5.41, 5.74) is -1.02. The van der Waals surface area contributed by atoms with Gasteiger partial charge in [-0.1, -0.05) is 27.5 Å². The molecule has 0 heterocycles. The quantitative estimate of drug-likeness (QED) is 0.599. The van der Waals surface area contributed by atoms with Crippen LogP contribution in [-0.2, 0) is 0 Å². The number of benzene rings is 2. The molecule has 0 aliphatic carbocycles. The van der Waals surface area contributed by atoms with Crippen molar-refractivity contribution in [3.63, 3.8) is 0 Å². The average Bonchev–Trinajstić information content (AvgIpc) is 2.32. The second-order valence-electron chi connectivity index (χ2n) is 3.97. The third kappa shape index (κ3) is 2.82. The molecular weight excluding hydrogens is 363 g/mol. The Morgan fingerprint density at radius 3 is 1.95 bits per heavy atom. The molecule has 1 N–H and O–H groups in total. The van der Waals surface area contributed by atoms with Crippen LogP contribution in [0.5, 0.6) is 0 Å². The normalized spacial score (nSPS) is 12.6. The Kier molecular flexibility index (Phi) is 4.36. The minimum atomic E-state index is -1.86. The van der Waals surface area contributed by atoms with E-state index in [1.165, 1.54) is 0 Å². The zero-order chi connectivity index (χ0) is 15.0. The van der Waals surface area contributed by atoms with Crippen LogP contribution in [0.3, 0.4) is 0 Å². The van der Waals surface area contributed by atoms with Crippen LogP contribution in [0, 0.1) is 23.3 Å². The van der Waals surface area contributed by atoms with Crippen molar-refractivity contribution in [2.45, 2.75) is 6.10 Å². The fourth-order valence-corrected chi connectivity index (χ4v) is 2.37. The lowest BCUT2D eigenvalue weighted by atomic mass is 10.00. The van der Waals surface area contributed by atoms with Gasteiger partial charge in [0.15, 0.2) is 11.6 Å². The van der Waals surface area contributed by atoms with Gasteiger partial charge in [0, 0.05) is 15.1 Å². The van der Waals surface area contributed by atoms with Crippen LogP contribution in [0.4, 0.5) is 17.6 Å². The lowest BCUT2D eigenvalue weighted by molar-refractivity contribution is 0.208. The molecular formula is C13H6BrClF4O. The summed E-state index contributed by atoms with van der Waals surface area (Å²) in [4.78, 5) is 0. The third-order valence-corrected chi connectivity index (χ3v) is 3.44. The molecule has 1 nitrogen and oxygen atoms in total. The molecule has 0 aliphatic rings. The van der Waals surface area contributed by atoms with Crippen molar-refractivity contribution in [2.75, 3.05) is 0 Å². The van der Waals surface area contributed by atoms with Crippen LogP contribution < -0.4 is 0 Å². The van der Waals surface area contributed by atoms with E-state index in [4.69, 9.17) is 11.6 Å². The van der Waals surface area contributed by atoms with Gasteiger partial charge in [-0.15, -0.1) is 0 Å². The molecule has 0 aliphatic heterocycles. The van der Waals surface area contributed by atoms with Gasteiger partial charge in [0.25, 0.3) is 0 Å². The standard InChI is InChI=1S/C13H6BrClF4O/c14-5-1-10(18)12(11(19)2-5)13(20)6-3-8(16)9(17)4-7(6)15/h1-4,13,20H. The predicted octanol–water partition coefficient (Wildman–Crippen LogP) is 4.74. The van der Waals surface area contributed by atoms with Crippen molar-refractivity contribution in [1.29, 1.82) is 0 Å². The molecule has 2 aromatic rings. The first-order valence-corrected chi connectivity index (χ1v) is 6.45. The largest absolute Gasteiger partial charge is 0.383 e. The van der Waals surface area contributed by atoms with Gasteiger partial charge >= 0.3 is 0 Å². The SMILES string of the molecule is OC(c1cc(F)c(F)cc1Cl)c1c(F)cc(Br)cc1F. The molecule has 1 unspecified atom stereocenters. The molecule has 0 aromatic heterocycles. The van der Waals surface area contributed by atoms with E-state index < -0.39 is 34.9 Å². The summed E-state index contributed by atoms with van der Waals surface area (Å²) in [6, 6.07) is 3.11. The Labute approximate surface area is 124 Å². The topological polar surface area (TPSA) is 20.2 Å². The summed E-state index contributed by atoms with van der Waals surface area (Å²) in [7, 11) is 0. The van der Waals surface area contributed by atoms with E-state index in [0.717, 1.165) is 12.1 Å². The van der Waals surface area contributed by atoms with Crippen LogP contribution in [0.15, 0.2) is 28.7 Å². The van der Waals surface area contributed by atoms with Gasteiger partial charge in [-0.05, 0) is 24.3 Å². The van der Waals surface area contributed by atoms with Crippen LogP contribution in [0.2, 0.25) is 5.02 Å². The lowest BCUT2D eigenvalue weighted by Crippen LogP contribution is -2.07. The minimum absolute atomic E-state index is 0.139. The van der Waals surface area contributed by atoms with Gasteiger partial charge in [-0.25, -0.2) is 17.6 Å². The van der Waals surface area contributed by atoms with Crippen molar-refractivity contribution in [1.82, 2.24) is 0 Å². The highest BCUT2D eigenvalue weighted by Crippen LogP contribution is 2.33. The van der Waals surface area contributed by atoms with Crippen LogP contribution in [0.25, 0.3) is 0 Å². The Morgan fingerprint density at radius 2 is 1.40 bits per heavy atom. The van der Waals surface area contributed by atoms with Gasteiger partial charge in [0.2, 0.25) is 0 Å². The second kappa shape index (κ2) is 5.71. The smallest absolute Gasteiger partial charge is 0.160 e. The van der Waals surface area contributed by atoms with Crippen molar-refractivity contribution < 1.29 is 22.7 Å². The summed E-state index contributed by atoms with van der Waals surface area (Å²) in [6.45, 7) is 0. The zero-order valence-corrected chi connectivity index (χ0v) is 11.9. The highest BCUT2D eigenvalue weighted by atomic mass is 79.9. The highest BCUT2D eigenvalue weighted by molar-refractivity contribution is 9.10. The van der Waals surface area contributed by atoms with Gasteiger partial charge in [-0.2, -0.15) is 0 Å². The summed E-state index contributed by atoms with van der Waals surface area (Å²) in [6.07, 6.45) is -1.86. The van der Waals surface area contributed by atoms with Crippen LogP contribution in [-0.4, -0.2) is 5.11 Å². The molecule has 0 amide bonds.